The number of fused-ring (bicyclic) bond motifs is 1. The van der Waals surface area contributed by atoms with Gasteiger partial charge < -0.3 is 19.9 Å². The number of aromatic nitrogens is 2. The number of ether oxygens (including phenoxy) is 1. The van der Waals surface area contributed by atoms with Crippen LogP contribution in [0, 0.1) is 0 Å². The van der Waals surface area contributed by atoms with Gasteiger partial charge in [-0.15, -0.1) is 11.3 Å². The number of anilines is 1. The van der Waals surface area contributed by atoms with Crippen LogP contribution in [0.1, 0.15) is 16.3 Å². The number of carbonyl (C=O) groups is 1. The maximum Gasteiger partial charge on any atom is 0.268 e. The molecule has 2 N–H and O–H groups in total. The van der Waals surface area contributed by atoms with Gasteiger partial charge >= 0.3 is 0 Å². The SMILES string of the molecule is COc1ccccc1NC(=O)Cc1noc(-c2cc3c(s2)CNC3)n1. The zero-order chi connectivity index (χ0) is 17.2. The molecule has 0 unspecified atom stereocenters. The summed E-state index contributed by atoms with van der Waals surface area (Å²) >= 11 is 1.64. The quantitative estimate of drug-likeness (QED) is 0.730. The van der Waals surface area contributed by atoms with Crippen LogP contribution in [0.2, 0.25) is 0 Å². The molecule has 0 saturated heterocycles. The summed E-state index contributed by atoms with van der Waals surface area (Å²) in [5.41, 5.74) is 1.88. The molecule has 128 valence electrons. The van der Waals surface area contributed by atoms with Crippen molar-refractivity contribution >= 4 is 22.9 Å². The second-order valence-electron chi connectivity index (χ2n) is 5.60. The fourth-order valence-electron chi connectivity index (χ4n) is 2.69. The standard InChI is InChI=1S/C17H16N4O3S/c1-23-12-5-3-2-4-11(12)19-16(22)7-15-20-17(24-21-15)13-6-10-8-18-9-14(10)25-13/h2-6,18H,7-9H2,1H3,(H,19,22). The van der Waals surface area contributed by atoms with Crippen LogP contribution in [0.3, 0.4) is 0 Å². The Morgan fingerprint density at radius 3 is 3.12 bits per heavy atom. The number of thiophene rings is 1. The number of methoxy groups -OCH3 is 1. The molecule has 2 aromatic heterocycles. The number of hydrogen-bond donors (Lipinski definition) is 2. The average Bonchev–Trinajstić information content (AvgIpc) is 3.30. The summed E-state index contributed by atoms with van der Waals surface area (Å²) in [6, 6.07) is 9.29. The van der Waals surface area contributed by atoms with Crippen LogP contribution in [-0.4, -0.2) is 23.2 Å². The molecule has 3 heterocycles. The number of carbonyl (C=O) groups excluding carboxylic acids is 1. The Morgan fingerprint density at radius 1 is 1.40 bits per heavy atom. The highest BCUT2D eigenvalue weighted by Gasteiger charge is 2.19. The molecule has 3 aromatic rings. The van der Waals surface area contributed by atoms with Crippen LogP contribution in [0.4, 0.5) is 5.69 Å². The molecule has 4 rings (SSSR count). The van der Waals surface area contributed by atoms with Gasteiger partial charge in [-0.05, 0) is 23.8 Å². The minimum atomic E-state index is -0.227. The molecule has 1 aromatic carbocycles. The Hall–Kier alpha value is -2.71. The smallest absolute Gasteiger partial charge is 0.268 e. The summed E-state index contributed by atoms with van der Waals surface area (Å²) in [5.74, 6) is 1.19. The molecule has 1 aliphatic rings. The van der Waals surface area contributed by atoms with Crippen LogP contribution in [0.25, 0.3) is 10.8 Å². The number of nitrogens with one attached hydrogen (secondary N) is 2. The molecule has 0 aliphatic carbocycles. The van der Waals surface area contributed by atoms with Gasteiger partial charge in [0.2, 0.25) is 5.91 Å². The highest BCUT2D eigenvalue weighted by Crippen LogP contribution is 2.33. The Kier molecular flexibility index (Phi) is 4.21. The van der Waals surface area contributed by atoms with Crippen LogP contribution < -0.4 is 15.4 Å². The van der Waals surface area contributed by atoms with Crippen molar-refractivity contribution in [3.63, 3.8) is 0 Å². The number of amides is 1. The minimum Gasteiger partial charge on any atom is -0.495 e. The lowest BCUT2D eigenvalue weighted by Gasteiger charge is -2.08. The molecule has 0 fully saturated rings. The molecule has 8 heteroatoms. The number of rotatable bonds is 5. The van der Waals surface area contributed by atoms with Crippen LogP contribution in [0.5, 0.6) is 5.75 Å². The normalized spacial score (nSPS) is 12.8. The molecule has 1 amide bonds. The molecule has 25 heavy (non-hydrogen) atoms. The largest absolute Gasteiger partial charge is 0.495 e. The lowest BCUT2D eigenvalue weighted by Crippen LogP contribution is -2.15. The summed E-state index contributed by atoms with van der Waals surface area (Å²) in [6.07, 6.45) is 0.0359. The molecular weight excluding hydrogens is 340 g/mol. The Balaban J connectivity index is 1.44. The van der Waals surface area contributed by atoms with Crippen LogP contribution >= 0.6 is 11.3 Å². The third-order valence-corrected chi connectivity index (χ3v) is 5.04. The van der Waals surface area contributed by atoms with Gasteiger partial charge in [0.25, 0.3) is 5.89 Å². The highest BCUT2D eigenvalue weighted by molar-refractivity contribution is 7.15. The van der Waals surface area contributed by atoms with E-state index in [1.165, 1.54) is 10.4 Å². The van der Waals surface area contributed by atoms with Gasteiger partial charge in [-0.2, -0.15) is 4.98 Å². The van der Waals surface area contributed by atoms with Crippen LogP contribution in [0.15, 0.2) is 34.9 Å². The van der Waals surface area contributed by atoms with E-state index in [1.807, 2.05) is 12.1 Å². The number of para-hydroxylation sites is 2. The van der Waals surface area contributed by atoms with Gasteiger partial charge in [-0.3, -0.25) is 4.79 Å². The van der Waals surface area contributed by atoms with E-state index in [0.717, 1.165) is 18.0 Å². The fourth-order valence-corrected chi connectivity index (χ4v) is 3.77. The predicted octanol–water partition coefficient (Wildman–Crippen LogP) is 2.59. The highest BCUT2D eigenvalue weighted by atomic mass is 32.1. The first-order valence-corrected chi connectivity index (χ1v) is 8.62. The van der Waals surface area contributed by atoms with E-state index in [1.54, 1.807) is 30.6 Å². The number of hydrogen-bond acceptors (Lipinski definition) is 7. The van der Waals surface area contributed by atoms with Gasteiger partial charge in [-0.25, -0.2) is 0 Å². The second kappa shape index (κ2) is 6.66. The average molecular weight is 356 g/mol. The van der Waals surface area contributed by atoms with E-state index < -0.39 is 0 Å². The molecule has 0 atom stereocenters. The molecule has 0 radical (unpaired) electrons. The summed E-state index contributed by atoms with van der Waals surface area (Å²) < 4.78 is 10.5. The van der Waals surface area contributed by atoms with Crippen molar-refractivity contribution in [2.75, 3.05) is 12.4 Å². The Morgan fingerprint density at radius 2 is 2.28 bits per heavy atom. The fraction of sp³-hybridized carbons (Fsp3) is 0.235. The first-order valence-electron chi connectivity index (χ1n) is 7.81. The monoisotopic (exact) mass is 356 g/mol. The Bertz CT molecular complexity index is 897. The van der Waals surface area contributed by atoms with Crippen molar-refractivity contribution in [3.05, 3.63) is 46.6 Å². The lowest BCUT2D eigenvalue weighted by atomic mass is 10.2. The van der Waals surface area contributed by atoms with E-state index in [-0.39, 0.29) is 12.3 Å². The lowest BCUT2D eigenvalue weighted by molar-refractivity contribution is -0.115. The summed E-state index contributed by atoms with van der Waals surface area (Å²) in [5, 5.41) is 10.0. The van der Waals surface area contributed by atoms with E-state index in [2.05, 4.69) is 26.8 Å². The van der Waals surface area contributed by atoms with E-state index >= 15 is 0 Å². The van der Waals surface area contributed by atoms with Crippen molar-refractivity contribution in [2.24, 2.45) is 0 Å². The van der Waals surface area contributed by atoms with Gasteiger partial charge in [-0.1, -0.05) is 17.3 Å². The zero-order valence-corrected chi connectivity index (χ0v) is 14.4. The summed E-state index contributed by atoms with van der Waals surface area (Å²) in [6.45, 7) is 1.75. The van der Waals surface area contributed by atoms with Crippen molar-refractivity contribution in [3.8, 4) is 16.5 Å². The molecular formula is C17H16N4O3S. The van der Waals surface area contributed by atoms with Gasteiger partial charge in [0.15, 0.2) is 5.82 Å². The molecule has 7 nitrogen and oxygen atoms in total. The van der Waals surface area contributed by atoms with Crippen molar-refractivity contribution in [1.82, 2.24) is 15.5 Å². The van der Waals surface area contributed by atoms with E-state index in [4.69, 9.17) is 9.26 Å². The van der Waals surface area contributed by atoms with E-state index in [0.29, 0.717) is 23.2 Å². The molecule has 0 bridgehead atoms. The third-order valence-electron chi connectivity index (χ3n) is 3.88. The maximum absolute atomic E-state index is 12.2. The first kappa shape index (κ1) is 15.8. The first-order chi connectivity index (χ1) is 12.2. The van der Waals surface area contributed by atoms with E-state index in [9.17, 15) is 4.79 Å². The summed E-state index contributed by atoms with van der Waals surface area (Å²) in [4.78, 5) is 18.8. The summed E-state index contributed by atoms with van der Waals surface area (Å²) in [7, 11) is 1.56. The van der Waals surface area contributed by atoms with Crippen molar-refractivity contribution in [1.29, 1.82) is 0 Å². The van der Waals surface area contributed by atoms with Gasteiger partial charge in [0.05, 0.1) is 24.1 Å². The topological polar surface area (TPSA) is 89.3 Å². The van der Waals surface area contributed by atoms with Crippen molar-refractivity contribution < 1.29 is 14.1 Å². The zero-order valence-electron chi connectivity index (χ0n) is 13.5. The molecule has 0 spiro atoms. The van der Waals surface area contributed by atoms with Crippen LogP contribution in [-0.2, 0) is 24.3 Å². The van der Waals surface area contributed by atoms with Crippen molar-refractivity contribution in [2.45, 2.75) is 19.5 Å². The van der Waals surface area contributed by atoms with Gasteiger partial charge in [0.1, 0.15) is 5.75 Å². The minimum absolute atomic E-state index is 0.0359. The Labute approximate surface area is 148 Å². The second-order valence-corrected chi connectivity index (χ2v) is 6.74. The third kappa shape index (κ3) is 3.26. The number of nitrogens with zero attached hydrogens (tertiary/aromatic N) is 2. The predicted molar refractivity (Wildman–Crippen MR) is 93.5 cm³/mol. The number of benzene rings is 1. The molecule has 1 aliphatic heterocycles. The van der Waals surface area contributed by atoms with Gasteiger partial charge in [0, 0.05) is 18.0 Å². The maximum atomic E-state index is 12.2. The molecule has 0 saturated carbocycles.